The predicted molar refractivity (Wildman–Crippen MR) is 255 cm³/mol. The number of carbonyl (C=O) groups is 2. The van der Waals surface area contributed by atoms with Gasteiger partial charge in [-0.2, -0.15) is 0 Å². The Morgan fingerprint density at radius 3 is 1.04 bits per heavy atom. The number of hydrogen-bond donors (Lipinski definition) is 23. The lowest BCUT2D eigenvalue weighted by molar-refractivity contribution is -0.387. The maximum atomic E-state index is 12.7. The van der Waals surface area contributed by atoms with Gasteiger partial charge in [0.15, 0.2) is 44.0 Å². The van der Waals surface area contributed by atoms with E-state index in [1.54, 1.807) is 0 Å². The van der Waals surface area contributed by atoms with Crippen molar-refractivity contribution in [2.75, 3.05) is 46.2 Å². The first-order valence-corrected chi connectivity index (χ1v) is 26.6. The van der Waals surface area contributed by atoms with E-state index >= 15 is 0 Å². The van der Waals surface area contributed by atoms with Crippen LogP contribution >= 0.6 is 0 Å². The monoisotopic (exact) mass is 1230 g/mol. The molecule has 0 aliphatic carbocycles. The molecule has 84 heavy (non-hydrogen) atoms. The minimum Gasteiger partial charge on any atom is -0.394 e. The van der Waals surface area contributed by atoms with Gasteiger partial charge in [-0.15, -0.1) is 0 Å². The predicted octanol–water partition coefficient (Wildman–Crippen LogP) is -16.0. The second-order valence-electron chi connectivity index (χ2n) is 21.1. The molecule has 7 aliphatic heterocycles. The van der Waals surface area contributed by atoms with Gasteiger partial charge < -0.3 is 179 Å². The Hall–Kier alpha value is -2.42. The van der Waals surface area contributed by atoms with E-state index in [0.29, 0.717) is 0 Å². The van der Waals surface area contributed by atoms with Gasteiger partial charge in [-0.25, -0.2) is 0 Å². The van der Waals surface area contributed by atoms with Crippen molar-refractivity contribution < 1.29 is 178 Å². The molecule has 7 aliphatic rings. The van der Waals surface area contributed by atoms with E-state index in [-0.39, 0.29) is 0 Å². The molecule has 0 aromatic carbocycles. The average molecular weight is 1240 g/mol. The third-order valence-electron chi connectivity index (χ3n) is 15.3. The molecule has 7 heterocycles. The fraction of sp³-hybridized carbons (Fsp3) is 0.957. The van der Waals surface area contributed by atoms with Gasteiger partial charge in [-0.1, -0.05) is 0 Å². The van der Waals surface area contributed by atoms with Crippen molar-refractivity contribution in [3.8, 4) is 0 Å². The van der Waals surface area contributed by atoms with Crippen LogP contribution in [0.4, 0.5) is 0 Å². The average Bonchev–Trinajstić information content (AvgIpc) is 1.85. The van der Waals surface area contributed by atoms with E-state index in [1.165, 1.54) is 0 Å². The lowest BCUT2D eigenvalue weighted by Gasteiger charge is -2.50. The minimum atomic E-state index is -2.34. The highest BCUT2D eigenvalue weighted by Crippen LogP contribution is 2.37. The van der Waals surface area contributed by atoms with Gasteiger partial charge in [-0.3, -0.25) is 9.59 Å². The summed E-state index contributed by atoms with van der Waals surface area (Å²) in [4.78, 5) is 24.6. The van der Waals surface area contributed by atoms with Crippen LogP contribution in [0.3, 0.4) is 0 Å². The van der Waals surface area contributed by atoms with Crippen molar-refractivity contribution in [3.63, 3.8) is 0 Å². The second-order valence-corrected chi connectivity index (χ2v) is 21.1. The van der Waals surface area contributed by atoms with Gasteiger partial charge >= 0.3 is 0 Å². The number of hydrogen-bond acceptors (Lipinski definition) is 36. The fourth-order valence-corrected chi connectivity index (χ4v) is 10.6. The third-order valence-corrected chi connectivity index (χ3v) is 15.3. The number of amides is 2. The summed E-state index contributed by atoms with van der Waals surface area (Å²) in [6.07, 6.45) is -65.1. The topological polar surface area (TPSA) is 603 Å². The van der Waals surface area contributed by atoms with Crippen LogP contribution < -0.4 is 10.6 Å². The molecule has 488 valence electrons. The van der Waals surface area contributed by atoms with Crippen LogP contribution in [0, 0.1) is 0 Å². The number of aliphatic hydroxyl groups is 21. The number of aliphatic hydroxyl groups excluding tert-OH is 21. The van der Waals surface area contributed by atoms with Gasteiger partial charge in [0.2, 0.25) is 11.8 Å². The minimum absolute atomic E-state index is 0.738. The largest absolute Gasteiger partial charge is 0.394 e. The Morgan fingerprint density at radius 2 is 0.607 bits per heavy atom. The van der Waals surface area contributed by atoms with Gasteiger partial charge in [0, 0.05) is 13.8 Å². The zero-order valence-electron chi connectivity index (χ0n) is 44.7. The van der Waals surface area contributed by atoms with E-state index in [1.807, 2.05) is 0 Å². The smallest absolute Gasteiger partial charge is 0.217 e. The Balaban J connectivity index is 1.17. The Bertz CT molecular complexity index is 2060. The quantitative estimate of drug-likeness (QED) is 0.0507. The van der Waals surface area contributed by atoms with Crippen molar-refractivity contribution in [3.05, 3.63) is 0 Å². The van der Waals surface area contributed by atoms with Crippen LogP contribution in [0.25, 0.3) is 0 Å². The normalized spacial score (nSPS) is 50.3. The molecule has 0 aromatic rings. The van der Waals surface area contributed by atoms with Crippen molar-refractivity contribution in [1.82, 2.24) is 10.6 Å². The summed E-state index contributed by atoms with van der Waals surface area (Å²) in [7, 11) is 0. The lowest BCUT2D eigenvalue weighted by atomic mass is 9.94. The van der Waals surface area contributed by atoms with E-state index in [2.05, 4.69) is 10.6 Å². The Morgan fingerprint density at radius 1 is 0.310 bits per heavy atom. The molecular weight excluding hydrogens is 1160 g/mol. The molecule has 0 spiro atoms. The zero-order chi connectivity index (χ0) is 61.9. The standard InChI is InChI=1S/C46H78N2O36/c1-10(54)47-19-26(61)36(15(6-52)74-40(19)71)81-41-20(48-11(2)55)27(62)37(16(7-53)78-41)82-46-35(70)39(84-45-33(68)30(65)23(58)14(5-51)77-45)25(60)18(80-46)9-73-43-34(69)38(83-44-32(67)29(64)22(57)13(4-50)76-44)24(59)17(79-43)8-72-42-31(66)28(63)21(56)12(3-49)75-42/h12-46,49-53,56-71H,3-9H2,1-2H3,(H,47,54)(H,48,55)/t12-,13-,14-,15-,16-,17-,18-,19-,20-,21-,22-,23-,24-,25-,26-,27-,28+,29+,30+,31+,32+,33+,34+,35+,36-,37-,38+,39+,40-,41+,42+,43+,44-,45-,46-/m1/s1. The second kappa shape index (κ2) is 29.9. The SMILES string of the molecule is CC(=O)N[C@@H]1[C@@H](O)[C@H](O[C@@H]2O[C@H](CO)[C@@H](O[C@H]3O[C@H](CO[C@H]4O[C@H](CO[C@H]5O[C@H](CO)[C@@H](O)[C@H](O)[C@@H]5O)[C@@H](O)[C@H](O[C@H]5O[C@H](CO)[C@@H](O)[C@H](O)[C@@H]5O)[C@@H]4O)[C@@H](O)[C@H](O[C@H]4O[C@H](CO)[C@@H](O)[C@H](O)[C@@H]4O)[C@@H]3O)[C@H](O)[C@H]2NC(C)=O)[C@@H](CO)O[C@H]1O. The van der Waals surface area contributed by atoms with Gasteiger partial charge in [0.25, 0.3) is 0 Å². The van der Waals surface area contributed by atoms with Gasteiger partial charge in [-0.05, 0) is 0 Å². The van der Waals surface area contributed by atoms with Crippen molar-refractivity contribution >= 4 is 11.8 Å². The van der Waals surface area contributed by atoms with Crippen LogP contribution in [0.2, 0.25) is 0 Å². The summed E-state index contributed by atoms with van der Waals surface area (Å²) in [6, 6.07) is -3.37. The lowest BCUT2D eigenvalue weighted by Crippen LogP contribution is -2.70. The fourth-order valence-electron chi connectivity index (χ4n) is 10.6. The third kappa shape index (κ3) is 14.9. The van der Waals surface area contributed by atoms with E-state index < -0.39 is 273 Å². The molecule has 38 heteroatoms. The van der Waals surface area contributed by atoms with Crippen LogP contribution in [0.15, 0.2) is 0 Å². The van der Waals surface area contributed by atoms with Crippen LogP contribution in [0.5, 0.6) is 0 Å². The maximum Gasteiger partial charge on any atom is 0.217 e. The Labute approximate surface area is 475 Å². The molecule has 0 unspecified atom stereocenters. The molecule has 38 nitrogen and oxygen atoms in total. The van der Waals surface area contributed by atoms with Gasteiger partial charge in [0.05, 0.1) is 46.2 Å². The van der Waals surface area contributed by atoms with Crippen molar-refractivity contribution in [1.29, 1.82) is 0 Å². The first-order chi connectivity index (χ1) is 39.7. The molecule has 0 radical (unpaired) electrons. The molecule has 35 atom stereocenters. The van der Waals surface area contributed by atoms with Crippen LogP contribution in [-0.2, 0) is 71.2 Å². The van der Waals surface area contributed by atoms with Crippen LogP contribution in [-0.4, -0.2) is 380 Å². The highest BCUT2D eigenvalue weighted by atomic mass is 16.8. The van der Waals surface area contributed by atoms with Crippen molar-refractivity contribution in [2.45, 2.75) is 229 Å². The molecule has 0 aromatic heterocycles. The summed E-state index contributed by atoms with van der Waals surface area (Å²) < 4.78 is 74.3. The molecule has 0 saturated carbocycles. The molecule has 2 amide bonds. The number of carbonyl (C=O) groups excluding carboxylic acids is 2. The summed E-state index contributed by atoms with van der Waals surface area (Å²) in [5, 5.41) is 231. The maximum absolute atomic E-state index is 12.7. The van der Waals surface area contributed by atoms with Crippen molar-refractivity contribution in [2.24, 2.45) is 0 Å². The number of ether oxygens (including phenoxy) is 13. The molecule has 7 rings (SSSR count). The number of rotatable bonds is 21. The number of nitrogens with one attached hydrogen (secondary N) is 2. The summed E-state index contributed by atoms with van der Waals surface area (Å²) in [5.41, 5.74) is 0. The summed E-state index contributed by atoms with van der Waals surface area (Å²) in [5.74, 6) is -1.61. The summed E-state index contributed by atoms with van der Waals surface area (Å²) in [6.45, 7) is -4.78. The molecule has 23 N–H and O–H groups in total. The van der Waals surface area contributed by atoms with E-state index in [0.717, 1.165) is 13.8 Å². The molecule has 7 saturated heterocycles. The molecule has 0 bridgehead atoms. The first-order valence-electron chi connectivity index (χ1n) is 26.6. The van der Waals surface area contributed by atoms with E-state index in [9.17, 15) is 117 Å². The first kappa shape index (κ1) is 69.1. The molecular formula is C46H78N2O36. The highest BCUT2D eigenvalue weighted by molar-refractivity contribution is 5.73. The van der Waals surface area contributed by atoms with E-state index in [4.69, 9.17) is 61.6 Å². The highest BCUT2D eigenvalue weighted by Gasteiger charge is 2.58. The zero-order valence-corrected chi connectivity index (χ0v) is 44.7. The van der Waals surface area contributed by atoms with Gasteiger partial charge in [0.1, 0.15) is 171 Å². The molecule has 7 fully saturated rings. The van der Waals surface area contributed by atoms with Crippen LogP contribution in [0.1, 0.15) is 13.8 Å². The Kier molecular flexibility index (Phi) is 24.6. The summed E-state index contributed by atoms with van der Waals surface area (Å²) >= 11 is 0.